The van der Waals surface area contributed by atoms with Crippen molar-refractivity contribution in [3.8, 4) is 11.8 Å². The molecule has 11 nitrogen and oxygen atoms in total. The minimum absolute atomic E-state index is 0.0437. The number of hydrogen-bond donors (Lipinski definition) is 0. The highest BCUT2D eigenvalue weighted by Gasteiger charge is 2.31. The molecular weight excluding hydrogens is 474 g/mol. The molecule has 0 bridgehead atoms. The van der Waals surface area contributed by atoms with Gasteiger partial charge in [-0.1, -0.05) is 24.0 Å². The molecule has 1 aromatic carbocycles. The van der Waals surface area contributed by atoms with Crippen molar-refractivity contribution in [2.75, 3.05) is 38.5 Å². The summed E-state index contributed by atoms with van der Waals surface area (Å²) in [5.74, 6) is 4.81. The van der Waals surface area contributed by atoms with Crippen LogP contribution in [0.2, 0.25) is 0 Å². The first kappa shape index (κ1) is 26.7. The highest BCUT2D eigenvalue weighted by atomic mass is 32.2. The Morgan fingerprint density at radius 3 is 2.39 bits per heavy atom. The Labute approximate surface area is 194 Å². The molecule has 0 saturated carbocycles. The van der Waals surface area contributed by atoms with Crippen molar-refractivity contribution in [2.45, 2.75) is 37.5 Å². The monoisotopic (exact) mass is 501 g/mol. The summed E-state index contributed by atoms with van der Waals surface area (Å²) in [5.41, 5.74) is -0.530. The summed E-state index contributed by atoms with van der Waals surface area (Å²) in [7, 11) is -7.85. The average molecular weight is 502 g/mol. The Morgan fingerprint density at radius 1 is 1.09 bits per heavy atom. The molecule has 2 rings (SSSR count). The molecule has 33 heavy (non-hydrogen) atoms. The van der Waals surface area contributed by atoms with E-state index in [1.54, 1.807) is 6.92 Å². The Bertz CT molecular complexity index is 1120. The van der Waals surface area contributed by atoms with E-state index in [1.807, 2.05) is 0 Å². The number of ether oxygens (including phenoxy) is 1. The number of hydrogen-bond acceptors (Lipinski definition) is 8. The van der Waals surface area contributed by atoms with Crippen LogP contribution in [-0.4, -0.2) is 74.9 Å². The van der Waals surface area contributed by atoms with Gasteiger partial charge in [-0.05, 0) is 32.3 Å². The lowest BCUT2D eigenvalue weighted by Gasteiger charge is -2.22. The molecule has 0 fully saturated rings. The molecule has 0 aliphatic carbocycles. The molecule has 0 N–H and O–H groups in total. The number of nitro benzene ring substituents is 1. The molecule has 0 aromatic heterocycles. The zero-order chi connectivity index (χ0) is 24.5. The molecule has 1 heterocycles. The van der Waals surface area contributed by atoms with Crippen LogP contribution in [0, 0.1) is 22.0 Å². The molecular formula is C20H27N3O8S2. The topological polar surface area (TPSA) is 144 Å². The normalized spacial score (nSPS) is 16.0. The quantitative estimate of drug-likeness (QED) is 0.154. The highest BCUT2D eigenvalue weighted by molar-refractivity contribution is 7.89. The number of nitrogens with zero attached hydrogens (tertiary/aromatic N) is 3. The third-order valence-corrected chi connectivity index (χ3v) is 8.66. The number of carbonyl (C=O) groups is 1. The zero-order valence-electron chi connectivity index (χ0n) is 18.3. The number of benzene rings is 1. The van der Waals surface area contributed by atoms with E-state index in [-0.39, 0.29) is 63.8 Å². The van der Waals surface area contributed by atoms with Gasteiger partial charge in [-0.25, -0.2) is 16.8 Å². The Kier molecular flexibility index (Phi) is 9.78. The minimum Gasteiger partial charge on any atom is -0.466 e. The maximum absolute atomic E-state index is 13.0. The van der Waals surface area contributed by atoms with Crippen molar-refractivity contribution in [2.24, 2.45) is 0 Å². The molecule has 0 atom stereocenters. The average Bonchev–Trinajstić information content (AvgIpc) is 2.90. The first-order chi connectivity index (χ1) is 15.6. The molecule has 1 aliphatic rings. The van der Waals surface area contributed by atoms with Gasteiger partial charge in [0.05, 0.1) is 30.4 Å². The fraction of sp³-hybridized carbons (Fsp3) is 0.550. The summed E-state index contributed by atoms with van der Waals surface area (Å²) in [6, 6.07) is 5.06. The molecule has 0 unspecified atom stereocenters. The van der Waals surface area contributed by atoms with Gasteiger partial charge in [-0.3, -0.25) is 14.9 Å². The summed E-state index contributed by atoms with van der Waals surface area (Å²) in [6.07, 6.45) is 0.982. The largest absolute Gasteiger partial charge is 0.466 e. The van der Waals surface area contributed by atoms with Crippen LogP contribution in [0.1, 0.15) is 32.6 Å². The fourth-order valence-electron chi connectivity index (χ4n) is 3.19. The van der Waals surface area contributed by atoms with Crippen molar-refractivity contribution >= 4 is 31.7 Å². The van der Waals surface area contributed by atoms with Gasteiger partial charge in [-0.15, -0.1) is 0 Å². The van der Waals surface area contributed by atoms with Gasteiger partial charge >= 0.3 is 5.97 Å². The SMILES string of the molecule is CCOC(=O)CCCCS(=O)(=O)N1CC#CCN(S(=O)(=O)c2ccccc2[N+](=O)[O-])CCC1. The van der Waals surface area contributed by atoms with Gasteiger partial charge in [-0.2, -0.15) is 8.61 Å². The second-order valence-corrected chi connectivity index (χ2v) is 11.2. The van der Waals surface area contributed by atoms with Crippen LogP contribution in [0.5, 0.6) is 0 Å². The molecule has 182 valence electrons. The Morgan fingerprint density at radius 2 is 1.73 bits per heavy atom. The number of esters is 1. The van der Waals surface area contributed by atoms with Crippen molar-refractivity contribution in [3.05, 3.63) is 34.4 Å². The van der Waals surface area contributed by atoms with E-state index in [2.05, 4.69) is 11.8 Å². The fourth-order valence-corrected chi connectivity index (χ4v) is 6.23. The standard InChI is InChI=1S/C20H27N3O8S2/c1-2-31-20(24)12-5-8-17-32(27,28)21-13-6-7-14-22(16-9-15-21)33(29,30)19-11-4-3-10-18(19)23(25)26/h3-4,10-11H,2,5,8-9,12-17H2,1H3. The van der Waals surface area contributed by atoms with Crippen LogP contribution in [0.4, 0.5) is 5.69 Å². The van der Waals surface area contributed by atoms with Crippen molar-refractivity contribution < 1.29 is 31.3 Å². The van der Waals surface area contributed by atoms with Crippen LogP contribution in [-0.2, 0) is 29.6 Å². The number of unbranched alkanes of at least 4 members (excludes halogenated alkanes) is 1. The predicted octanol–water partition coefficient (Wildman–Crippen LogP) is 1.36. The van der Waals surface area contributed by atoms with Crippen molar-refractivity contribution in [3.63, 3.8) is 0 Å². The third kappa shape index (κ3) is 7.50. The predicted molar refractivity (Wildman–Crippen MR) is 120 cm³/mol. The molecule has 0 spiro atoms. The molecule has 0 radical (unpaired) electrons. The van der Waals surface area contributed by atoms with Crippen LogP contribution in [0.15, 0.2) is 29.2 Å². The van der Waals surface area contributed by atoms with Crippen molar-refractivity contribution in [1.82, 2.24) is 8.61 Å². The maximum atomic E-state index is 13.0. The van der Waals surface area contributed by atoms with Crippen LogP contribution >= 0.6 is 0 Å². The summed E-state index contributed by atoms with van der Waals surface area (Å²) < 4.78 is 58.5. The van der Waals surface area contributed by atoms with E-state index in [0.29, 0.717) is 6.42 Å². The van der Waals surface area contributed by atoms with Crippen molar-refractivity contribution in [1.29, 1.82) is 0 Å². The first-order valence-electron chi connectivity index (χ1n) is 10.4. The Hall–Kier alpha value is -2.53. The van der Waals surface area contributed by atoms with E-state index in [4.69, 9.17) is 4.74 Å². The van der Waals surface area contributed by atoms with E-state index in [9.17, 15) is 31.7 Å². The van der Waals surface area contributed by atoms with Gasteiger partial charge in [0.15, 0.2) is 4.90 Å². The number of para-hydroxylation sites is 1. The van der Waals surface area contributed by atoms with E-state index >= 15 is 0 Å². The maximum Gasteiger partial charge on any atom is 0.305 e. The van der Waals surface area contributed by atoms with Gasteiger partial charge < -0.3 is 4.74 Å². The van der Waals surface area contributed by atoms with Gasteiger partial charge in [0.25, 0.3) is 15.7 Å². The van der Waals surface area contributed by atoms with Crippen LogP contribution in [0.25, 0.3) is 0 Å². The van der Waals surface area contributed by atoms with E-state index in [1.165, 1.54) is 22.5 Å². The molecule has 0 saturated heterocycles. The van der Waals surface area contributed by atoms with Gasteiger partial charge in [0.2, 0.25) is 10.0 Å². The van der Waals surface area contributed by atoms with Crippen LogP contribution in [0.3, 0.4) is 0 Å². The first-order valence-corrected chi connectivity index (χ1v) is 13.5. The molecule has 0 amide bonds. The molecule has 1 aromatic rings. The molecule has 13 heteroatoms. The van der Waals surface area contributed by atoms with E-state index < -0.39 is 35.6 Å². The summed E-state index contributed by atoms with van der Waals surface area (Å²) in [5, 5.41) is 11.3. The lowest BCUT2D eigenvalue weighted by molar-refractivity contribution is -0.387. The lowest BCUT2D eigenvalue weighted by atomic mass is 10.2. The second kappa shape index (κ2) is 12.1. The number of carbonyl (C=O) groups excluding carboxylic acids is 1. The summed E-state index contributed by atoms with van der Waals surface area (Å²) >= 11 is 0. The second-order valence-electron chi connectivity index (χ2n) is 7.18. The zero-order valence-corrected chi connectivity index (χ0v) is 19.9. The van der Waals surface area contributed by atoms with Crippen LogP contribution < -0.4 is 0 Å². The minimum atomic E-state index is -4.20. The highest BCUT2D eigenvalue weighted by Crippen LogP contribution is 2.26. The van der Waals surface area contributed by atoms with E-state index in [0.717, 1.165) is 10.4 Å². The number of rotatable bonds is 10. The third-order valence-electron chi connectivity index (χ3n) is 4.86. The molecule has 1 aliphatic heterocycles. The number of nitro groups is 1. The smallest absolute Gasteiger partial charge is 0.305 e. The summed E-state index contributed by atoms with van der Waals surface area (Å²) in [4.78, 5) is 21.4. The van der Waals surface area contributed by atoms with Gasteiger partial charge in [0, 0.05) is 25.6 Å². The Balaban J connectivity index is 2.04. The van der Waals surface area contributed by atoms with Gasteiger partial charge in [0.1, 0.15) is 0 Å². The number of sulfonamides is 2. The summed E-state index contributed by atoms with van der Waals surface area (Å²) in [6.45, 7) is 1.69. The lowest BCUT2D eigenvalue weighted by Crippen LogP contribution is -2.37.